The Balaban J connectivity index is 2.01. The molecular weight excluding hydrogens is 365 g/mol. The van der Waals surface area contributed by atoms with Gasteiger partial charge in [0.2, 0.25) is 0 Å². The molecule has 0 bridgehead atoms. The lowest BCUT2D eigenvalue weighted by atomic mass is 10.2. The zero-order valence-corrected chi connectivity index (χ0v) is 15.0. The molecule has 0 spiro atoms. The molecule has 2 N–H and O–H groups in total. The van der Waals surface area contributed by atoms with Crippen LogP contribution in [0.25, 0.3) is 0 Å². The van der Waals surface area contributed by atoms with Gasteiger partial charge in [0.15, 0.2) is 0 Å². The summed E-state index contributed by atoms with van der Waals surface area (Å²) < 4.78 is 5.14. The molecule has 0 saturated heterocycles. The Bertz CT molecular complexity index is 838. The molecule has 6 nitrogen and oxygen atoms in total. The zero-order valence-electron chi connectivity index (χ0n) is 13.5. The normalized spacial score (nSPS) is 10.6. The average Bonchev–Trinajstić information content (AvgIpc) is 2.58. The molecule has 0 fully saturated rings. The highest BCUT2D eigenvalue weighted by Crippen LogP contribution is 2.25. The van der Waals surface area contributed by atoms with Gasteiger partial charge in [0, 0.05) is 5.56 Å². The van der Waals surface area contributed by atoms with Gasteiger partial charge in [-0.2, -0.15) is 5.10 Å². The Hall–Kier alpha value is -2.57. The largest absolute Gasteiger partial charge is 0.495 e. The summed E-state index contributed by atoms with van der Waals surface area (Å²) in [5.41, 5.74) is 3.94. The van der Waals surface area contributed by atoms with Gasteiger partial charge in [-0.25, -0.2) is 5.43 Å². The Morgan fingerprint density at radius 3 is 2.64 bits per heavy atom. The molecule has 0 aliphatic carbocycles. The number of ether oxygens (including phenoxy) is 1. The Kier molecular flexibility index (Phi) is 6.38. The van der Waals surface area contributed by atoms with Gasteiger partial charge in [0.05, 0.1) is 29.1 Å². The molecule has 130 valence electrons. The summed E-state index contributed by atoms with van der Waals surface area (Å²) in [5, 5.41) is 6.84. The third kappa shape index (κ3) is 4.95. The summed E-state index contributed by atoms with van der Waals surface area (Å²) in [4.78, 5) is 23.8. The van der Waals surface area contributed by atoms with Crippen molar-refractivity contribution in [1.29, 1.82) is 0 Å². The zero-order chi connectivity index (χ0) is 18.4. The van der Waals surface area contributed by atoms with E-state index in [1.807, 2.05) is 13.0 Å². The Morgan fingerprint density at radius 2 is 1.92 bits per heavy atom. The summed E-state index contributed by atoms with van der Waals surface area (Å²) in [5.74, 6) is -1.36. The minimum atomic E-state index is -0.932. The molecule has 0 aliphatic rings. The average molecular weight is 380 g/mol. The molecule has 0 saturated carbocycles. The van der Waals surface area contributed by atoms with E-state index in [2.05, 4.69) is 15.8 Å². The summed E-state index contributed by atoms with van der Waals surface area (Å²) in [7, 11) is 1.47. The van der Waals surface area contributed by atoms with Crippen LogP contribution in [-0.4, -0.2) is 25.1 Å². The fourth-order valence-corrected chi connectivity index (χ4v) is 2.29. The van der Waals surface area contributed by atoms with Gasteiger partial charge in [-0.3, -0.25) is 9.59 Å². The molecule has 8 heteroatoms. The fourth-order valence-electron chi connectivity index (χ4n) is 1.93. The van der Waals surface area contributed by atoms with E-state index >= 15 is 0 Å². The minimum Gasteiger partial charge on any atom is -0.495 e. The van der Waals surface area contributed by atoms with Gasteiger partial charge in [-0.05, 0) is 30.7 Å². The Morgan fingerprint density at radius 1 is 1.16 bits per heavy atom. The van der Waals surface area contributed by atoms with Crippen LogP contribution in [0.2, 0.25) is 10.0 Å². The molecule has 0 atom stereocenters. The van der Waals surface area contributed by atoms with Gasteiger partial charge in [-0.1, -0.05) is 41.4 Å². The van der Waals surface area contributed by atoms with E-state index in [9.17, 15) is 9.59 Å². The number of carbonyl (C=O) groups excluding carboxylic acids is 2. The van der Waals surface area contributed by atoms with Crippen molar-refractivity contribution in [1.82, 2.24) is 5.43 Å². The number of benzene rings is 2. The number of nitrogens with one attached hydrogen (secondary N) is 2. The van der Waals surface area contributed by atoms with Crippen LogP contribution in [0.4, 0.5) is 5.69 Å². The van der Waals surface area contributed by atoms with Crippen LogP contribution >= 0.6 is 23.2 Å². The molecule has 0 radical (unpaired) electrons. The summed E-state index contributed by atoms with van der Waals surface area (Å²) in [6.07, 6.45) is 1.30. The van der Waals surface area contributed by atoms with Crippen LogP contribution in [0.15, 0.2) is 41.5 Å². The first kappa shape index (κ1) is 18.8. The van der Waals surface area contributed by atoms with Crippen molar-refractivity contribution in [3.05, 3.63) is 57.6 Å². The number of hydrazone groups is 1. The van der Waals surface area contributed by atoms with Gasteiger partial charge < -0.3 is 10.1 Å². The predicted octanol–water partition coefficient (Wildman–Crippen LogP) is 3.40. The third-order valence-corrected chi connectivity index (χ3v) is 3.99. The molecule has 2 aromatic carbocycles. The molecule has 2 rings (SSSR count). The lowest BCUT2D eigenvalue weighted by Gasteiger charge is -2.10. The second-order valence-corrected chi connectivity index (χ2v) is 5.79. The number of aryl methyl sites for hydroxylation is 1. The van der Waals surface area contributed by atoms with Crippen molar-refractivity contribution < 1.29 is 14.3 Å². The maximum absolute atomic E-state index is 12.0. The van der Waals surface area contributed by atoms with Crippen molar-refractivity contribution in [2.24, 2.45) is 5.10 Å². The lowest BCUT2D eigenvalue weighted by molar-refractivity contribution is -0.136. The number of hydrogen-bond donors (Lipinski definition) is 2. The second kappa shape index (κ2) is 8.50. The molecular formula is C17H15Cl2N3O3. The number of anilines is 1. The number of halogens is 2. The predicted molar refractivity (Wildman–Crippen MR) is 98.6 cm³/mol. The minimum absolute atomic E-state index is 0.302. The topological polar surface area (TPSA) is 79.8 Å². The number of hydrogen-bond acceptors (Lipinski definition) is 4. The van der Waals surface area contributed by atoms with E-state index in [-0.39, 0.29) is 0 Å². The molecule has 2 aromatic rings. The number of nitrogens with zero attached hydrogens (tertiary/aromatic N) is 1. The lowest BCUT2D eigenvalue weighted by Crippen LogP contribution is -2.32. The fraction of sp³-hybridized carbons (Fsp3) is 0.118. The molecule has 2 amide bonds. The highest BCUT2D eigenvalue weighted by molar-refractivity contribution is 6.43. The highest BCUT2D eigenvalue weighted by atomic mass is 35.5. The number of rotatable bonds is 4. The van der Waals surface area contributed by atoms with Crippen molar-refractivity contribution in [2.75, 3.05) is 12.4 Å². The van der Waals surface area contributed by atoms with E-state index < -0.39 is 11.8 Å². The van der Waals surface area contributed by atoms with Crippen molar-refractivity contribution >= 4 is 46.9 Å². The number of carbonyl (C=O) groups is 2. The van der Waals surface area contributed by atoms with Gasteiger partial charge in [-0.15, -0.1) is 0 Å². The second-order valence-electron chi connectivity index (χ2n) is 5.00. The van der Waals surface area contributed by atoms with Crippen molar-refractivity contribution in [3.8, 4) is 5.75 Å². The standard InChI is InChI=1S/C17H15Cl2N3O3/c1-10-6-7-14(25-2)13(8-10)21-16(23)17(24)22-20-9-11-4-3-5-12(18)15(11)19/h3-9H,1-2H3,(H,21,23)(H,22,24)/b20-9-. The quantitative estimate of drug-likeness (QED) is 0.485. The van der Waals surface area contributed by atoms with Crippen LogP contribution in [0, 0.1) is 6.92 Å². The first-order valence-electron chi connectivity index (χ1n) is 7.15. The van der Waals surface area contributed by atoms with Crippen LogP contribution in [0.3, 0.4) is 0 Å². The van der Waals surface area contributed by atoms with Gasteiger partial charge in [0.1, 0.15) is 5.75 Å². The van der Waals surface area contributed by atoms with Crippen molar-refractivity contribution in [3.63, 3.8) is 0 Å². The van der Waals surface area contributed by atoms with E-state index in [0.717, 1.165) is 5.56 Å². The van der Waals surface area contributed by atoms with Gasteiger partial charge in [0.25, 0.3) is 0 Å². The van der Waals surface area contributed by atoms with Crippen molar-refractivity contribution in [2.45, 2.75) is 6.92 Å². The number of amides is 2. The van der Waals surface area contributed by atoms with E-state index in [1.54, 1.807) is 30.3 Å². The maximum atomic E-state index is 12.0. The Labute approximate surface area is 154 Å². The molecule has 0 aliphatic heterocycles. The van der Waals surface area contributed by atoms with Crippen LogP contribution in [-0.2, 0) is 9.59 Å². The van der Waals surface area contributed by atoms with E-state index in [1.165, 1.54) is 13.3 Å². The van der Waals surface area contributed by atoms with E-state index in [0.29, 0.717) is 27.0 Å². The van der Waals surface area contributed by atoms with E-state index in [4.69, 9.17) is 27.9 Å². The first-order chi connectivity index (χ1) is 11.9. The van der Waals surface area contributed by atoms with Crippen LogP contribution in [0.5, 0.6) is 5.75 Å². The number of methoxy groups -OCH3 is 1. The summed E-state index contributed by atoms with van der Waals surface area (Å²) in [6.45, 7) is 1.86. The maximum Gasteiger partial charge on any atom is 0.329 e. The molecule has 0 aromatic heterocycles. The van der Waals surface area contributed by atoms with Gasteiger partial charge >= 0.3 is 11.8 Å². The first-order valence-corrected chi connectivity index (χ1v) is 7.91. The highest BCUT2D eigenvalue weighted by Gasteiger charge is 2.15. The summed E-state index contributed by atoms with van der Waals surface area (Å²) in [6, 6.07) is 10.2. The smallest absolute Gasteiger partial charge is 0.329 e. The molecule has 0 unspecified atom stereocenters. The monoisotopic (exact) mass is 379 g/mol. The summed E-state index contributed by atoms with van der Waals surface area (Å²) >= 11 is 11.9. The third-order valence-electron chi connectivity index (χ3n) is 3.16. The van der Waals surface area contributed by atoms with Crippen LogP contribution < -0.4 is 15.5 Å². The SMILES string of the molecule is COc1ccc(C)cc1NC(=O)C(=O)N/N=C\c1cccc(Cl)c1Cl. The molecule has 0 heterocycles. The molecule has 25 heavy (non-hydrogen) atoms. The van der Waals surface area contributed by atoms with Crippen LogP contribution in [0.1, 0.15) is 11.1 Å².